The summed E-state index contributed by atoms with van der Waals surface area (Å²) in [6.45, 7) is 10.0. The van der Waals surface area contributed by atoms with Crippen molar-refractivity contribution in [3.63, 3.8) is 0 Å². The molecule has 5 aromatic rings. The predicted molar refractivity (Wildman–Crippen MR) is 265 cm³/mol. The molecule has 3 amide bonds. The van der Waals surface area contributed by atoms with Crippen LogP contribution in [-0.4, -0.2) is 88.1 Å². The number of carbonyl (C=O) groups excluding carboxylic acids is 3. The van der Waals surface area contributed by atoms with E-state index in [0.29, 0.717) is 38.3 Å². The number of β-amino-alcohol motifs (C(OH)–C–C–N with tert-alkyl or cyclic N) is 1. The minimum Gasteiger partial charge on any atom is -0.508 e. The molecule has 1 aromatic heterocycles. The summed E-state index contributed by atoms with van der Waals surface area (Å²) in [7, 11) is 0. The third kappa shape index (κ3) is 14.0. The molecule has 0 radical (unpaired) electrons. The van der Waals surface area contributed by atoms with Crippen LogP contribution in [0.4, 0.5) is 0 Å². The molecular formula is C53H64ClN5O6S. The van der Waals surface area contributed by atoms with Crippen LogP contribution in [0.1, 0.15) is 93.7 Å². The number of benzene rings is 4. The maximum absolute atomic E-state index is 14.0. The molecule has 5 N–H and O–H groups in total. The number of phenolic OH excluding ortho intramolecular Hbond substituents is 1. The van der Waals surface area contributed by atoms with E-state index in [-0.39, 0.29) is 43.0 Å². The minimum atomic E-state index is -0.855. The van der Waals surface area contributed by atoms with E-state index in [4.69, 9.17) is 16.3 Å². The molecule has 350 valence electrons. The highest BCUT2D eigenvalue weighted by atomic mass is 35.5. The number of unbranched alkanes of at least 4 members (excludes halogenated alkanes) is 3. The zero-order chi connectivity index (χ0) is 47.1. The van der Waals surface area contributed by atoms with Crippen LogP contribution >= 0.6 is 22.9 Å². The number of carbonyl (C=O) groups is 3. The molecule has 3 atom stereocenters. The normalized spacial score (nSPS) is 15.8. The van der Waals surface area contributed by atoms with E-state index >= 15 is 0 Å². The number of ether oxygens (including phenoxy) is 1. The molecule has 13 heteroatoms. The lowest BCUT2D eigenvalue weighted by atomic mass is 9.85. The Hall–Kier alpha value is -5.53. The van der Waals surface area contributed by atoms with Crippen molar-refractivity contribution in [2.24, 2.45) is 5.41 Å². The fourth-order valence-corrected chi connectivity index (χ4v) is 9.28. The van der Waals surface area contributed by atoms with Gasteiger partial charge in [0.25, 0.3) is 0 Å². The third-order valence-electron chi connectivity index (χ3n) is 11.8. The number of thiazole rings is 1. The number of aromatic hydroxyl groups is 1. The van der Waals surface area contributed by atoms with Crippen LogP contribution in [0.15, 0.2) is 109 Å². The molecule has 1 aliphatic rings. The number of aromatic nitrogens is 1. The van der Waals surface area contributed by atoms with Gasteiger partial charge in [0.05, 0.1) is 22.2 Å². The fourth-order valence-electron chi connectivity index (χ4n) is 8.28. The van der Waals surface area contributed by atoms with E-state index < -0.39 is 23.6 Å². The van der Waals surface area contributed by atoms with Crippen LogP contribution in [0.25, 0.3) is 21.6 Å². The summed E-state index contributed by atoms with van der Waals surface area (Å²) in [6.07, 6.45) is 3.75. The van der Waals surface area contributed by atoms with Gasteiger partial charge >= 0.3 is 0 Å². The number of nitrogens with zero attached hydrogens (tertiary/aromatic N) is 2. The Morgan fingerprint density at radius 1 is 0.864 bits per heavy atom. The van der Waals surface area contributed by atoms with Crippen LogP contribution in [0.2, 0.25) is 0 Å². The van der Waals surface area contributed by atoms with Gasteiger partial charge in [-0.05, 0) is 101 Å². The first-order valence-corrected chi connectivity index (χ1v) is 24.4. The first-order chi connectivity index (χ1) is 31.8. The van der Waals surface area contributed by atoms with Crippen molar-refractivity contribution in [1.29, 1.82) is 0 Å². The highest BCUT2D eigenvalue weighted by Gasteiger charge is 2.44. The van der Waals surface area contributed by atoms with E-state index in [1.54, 1.807) is 23.5 Å². The SMILES string of the molecule is Cc1ncsc1-c1ccc(CNC(=O)[C@@H]2C[C@@H](O)CN2C(=O)C(NC(=O)CCCCCCNCCOc2ccc(C(=C(CCCl)c3ccccc3)c3ccc(O)cc3)cc2)C(C)(C)C)cc1. The highest BCUT2D eigenvalue weighted by Crippen LogP contribution is 2.36. The number of aryl methyl sites for hydroxylation is 1. The van der Waals surface area contributed by atoms with Crippen LogP contribution in [0, 0.1) is 12.3 Å². The summed E-state index contributed by atoms with van der Waals surface area (Å²) in [6, 6.07) is 31.8. The largest absolute Gasteiger partial charge is 0.508 e. The number of amides is 3. The van der Waals surface area contributed by atoms with E-state index in [2.05, 4.69) is 45.2 Å². The number of hydrogen-bond donors (Lipinski definition) is 5. The second-order valence-corrected chi connectivity index (χ2v) is 19.2. The first kappa shape index (κ1) is 49.9. The van der Waals surface area contributed by atoms with Crippen molar-refractivity contribution in [3.8, 4) is 21.9 Å². The average molecular weight is 935 g/mol. The zero-order valence-electron chi connectivity index (χ0n) is 38.5. The van der Waals surface area contributed by atoms with Gasteiger partial charge in [-0.3, -0.25) is 14.4 Å². The summed E-state index contributed by atoms with van der Waals surface area (Å²) in [5.41, 5.74) is 9.48. The topological polar surface area (TPSA) is 153 Å². The standard InChI is InChI=1S/C53H64ClN5O6S/c1-36-49(66-35-57-36)41-17-15-37(16-18-41)33-56-51(63)46-32-43(61)34-59(46)52(64)50(53(2,3)4)58-47(62)14-10-5-6-11-29-55-30-31-65-44-25-21-40(22-26-44)48(39-19-23-42(60)24-20-39)45(27-28-54)38-12-8-7-9-13-38/h7-9,12-13,15-26,35,43,46,50,55,60-61H,5-6,10-11,14,27-34H2,1-4H3,(H,56,63)(H,58,62)/t43-,46+,50?/m1/s1. The maximum Gasteiger partial charge on any atom is 0.246 e. The van der Waals surface area contributed by atoms with Crippen LogP contribution < -0.4 is 20.7 Å². The number of halogens is 1. The molecular weight excluding hydrogens is 870 g/mol. The fraction of sp³-hybridized carbons (Fsp3) is 0.396. The molecule has 66 heavy (non-hydrogen) atoms. The van der Waals surface area contributed by atoms with Gasteiger partial charge in [-0.15, -0.1) is 22.9 Å². The van der Waals surface area contributed by atoms with E-state index in [1.807, 2.05) is 99.9 Å². The molecule has 4 aromatic carbocycles. The van der Waals surface area contributed by atoms with Gasteiger partial charge in [-0.25, -0.2) is 4.98 Å². The quantitative estimate of drug-likeness (QED) is 0.0262. The van der Waals surface area contributed by atoms with Gasteiger partial charge in [0, 0.05) is 38.4 Å². The number of likely N-dealkylation sites (tertiary alicyclic amines) is 1. The third-order valence-corrected chi connectivity index (χ3v) is 13.0. The predicted octanol–water partition coefficient (Wildman–Crippen LogP) is 9.14. The molecule has 1 aliphatic heterocycles. The van der Waals surface area contributed by atoms with Crippen molar-refractivity contribution in [1.82, 2.24) is 25.8 Å². The van der Waals surface area contributed by atoms with E-state index in [9.17, 15) is 24.6 Å². The molecule has 0 saturated carbocycles. The van der Waals surface area contributed by atoms with Gasteiger partial charge in [0.15, 0.2) is 0 Å². The number of allylic oxidation sites excluding steroid dienone is 1. The average Bonchev–Trinajstić information content (AvgIpc) is 3.93. The zero-order valence-corrected chi connectivity index (χ0v) is 40.1. The van der Waals surface area contributed by atoms with Crippen molar-refractivity contribution < 1.29 is 29.3 Å². The lowest BCUT2D eigenvalue weighted by molar-refractivity contribution is -0.144. The second kappa shape index (κ2) is 24.3. The molecule has 1 fully saturated rings. The van der Waals surface area contributed by atoms with E-state index in [0.717, 1.165) is 81.1 Å². The maximum atomic E-state index is 14.0. The van der Waals surface area contributed by atoms with Crippen LogP contribution in [-0.2, 0) is 20.9 Å². The summed E-state index contributed by atoms with van der Waals surface area (Å²) in [4.78, 5) is 47.5. The Kier molecular flexibility index (Phi) is 18.4. The van der Waals surface area contributed by atoms with Gasteiger partial charge < -0.3 is 35.8 Å². The Morgan fingerprint density at radius 2 is 1.55 bits per heavy atom. The van der Waals surface area contributed by atoms with Crippen molar-refractivity contribution in [2.75, 3.05) is 32.1 Å². The number of hydrogen-bond acceptors (Lipinski definition) is 9. The summed E-state index contributed by atoms with van der Waals surface area (Å²) >= 11 is 7.89. The summed E-state index contributed by atoms with van der Waals surface area (Å²) in [5.74, 6) is 0.565. The summed E-state index contributed by atoms with van der Waals surface area (Å²) in [5, 5.41) is 29.9. The molecule has 0 spiro atoms. The highest BCUT2D eigenvalue weighted by molar-refractivity contribution is 7.13. The van der Waals surface area contributed by atoms with Crippen molar-refractivity contribution >= 4 is 51.8 Å². The second-order valence-electron chi connectivity index (χ2n) is 17.9. The van der Waals surface area contributed by atoms with Gasteiger partial charge in [0.1, 0.15) is 30.2 Å². The number of aliphatic hydroxyl groups excluding tert-OH is 1. The molecule has 2 heterocycles. The number of nitrogens with one attached hydrogen (secondary N) is 3. The van der Waals surface area contributed by atoms with Crippen molar-refractivity contribution in [2.45, 2.75) is 97.4 Å². The van der Waals surface area contributed by atoms with Crippen LogP contribution in [0.3, 0.4) is 0 Å². The Labute approximate surface area is 398 Å². The minimum absolute atomic E-state index is 0.0309. The molecule has 0 bridgehead atoms. The Bertz CT molecular complexity index is 2360. The number of rotatable bonds is 22. The van der Waals surface area contributed by atoms with E-state index in [1.165, 1.54) is 4.90 Å². The summed E-state index contributed by atoms with van der Waals surface area (Å²) < 4.78 is 6.06. The smallest absolute Gasteiger partial charge is 0.246 e. The number of alkyl halides is 1. The molecule has 1 unspecified atom stereocenters. The number of aliphatic hydroxyl groups is 1. The van der Waals surface area contributed by atoms with Gasteiger partial charge in [-0.1, -0.05) is 112 Å². The van der Waals surface area contributed by atoms with Crippen LogP contribution in [0.5, 0.6) is 11.5 Å². The Balaban J connectivity index is 0.896. The lowest BCUT2D eigenvalue weighted by Gasteiger charge is -2.35. The molecule has 6 rings (SSSR count). The molecule has 0 aliphatic carbocycles. The molecule has 11 nitrogen and oxygen atoms in total. The number of phenols is 1. The van der Waals surface area contributed by atoms with Gasteiger partial charge in [-0.2, -0.15) is 0 Å². The Morgan fingerprint density at radius 3 is 2.20 bits per heavy atom. The van der Waals surface area contributed by atoms with Gasteiger partial charge in [0.2, 0.25) is 17.7 Å². The first-order valence-electron chi connectivity index (χ1n) is 22.9. The lowest BCUT2D eigenvalue weighted by Crippen LogP contribution is -2.57. The van der Waals surface area contributed by atoms with Crippen molar-refractivity contribution in [3.05, 3.63) is 137 Å². The monoisotopic (exact) mass is 933 g/mol. The molecule has 1 saturated heterocycles.